The molecule has 0 aliphatic heterocycles. The number of para-hydroxylation sites is 1. The standard InChI is InChI=1S/C20H16Cl2N2O3/c1-27-20(26)18(10-13-6-8-14(21)11-15(13)22)24-19(25)17-9-7-12-4-2-3-5-16(12)23-17/h2-9,11,18H,10H2,1H3,(H,24,25)/t18-/m0/s1. The number of benzene rings is 2. The number of halogens is 2. The Labute approximate surface area is 166 Å². The molecular formula is C20H16Cl2N2O3. The first-order chi connectivity index (χ1) is 13.0. The van der Waals surface area contributed by atoms with E-state index in [0.29, 0.717) is 21.1 Å². The van der Waals surface area contributed by atoms with Crippen molar-refractivity contribution in [1.82, 2.24) is 10.3 Å². The second-order valence-corrected chi connectivity index (χ2v) is 6.72. The maximum Gasteiger partial charge on any atom is 0.328 e. The van der Waals surface area contributed by atoms with Crippen molar-refractivity contribution in [3.05, 3.63) is 75.9 Å². The molecule has 0 radical (unpaired) electrons. The molecule has 1 N–H and O–H groups in total. The number of esters is 1. The summed E-state index contributed by atoms with van der Waals surface area (Å²) in [4.78, 5) is 29.1. The maximum atomic E-state index is 12.6. The van der Waals surface area contributed by atoms with Crippen LogP contribution in [0.5, 0.6) is 0 Å². The normalized spacial score (nSPS) is 11.8. The van der Waals surface area contributed by atoms with Crippen LogP contribution in [0.1, 0.15) is 16.1 Å². The number of pyridine rings is 1. The summed E-state index contributed by atoms with van der Waals surface area (Å²) in [6.45, 7) is 0. The van der Waals surface area contributed by atoms with Crippen LogP contribution in [0.2, 0.25) is 10.0 Å². The van der Waals surface area contributed by atoms with Gasteiger partial charge >= 0.3 is 5.97 Å². The summed E-state index contributed by atoms with van der Waals surface area (Å²) in [5, 5.41) is 4.49. The van der Waals surface area contributed by atoms with Crippen LogP contribution in [0.15, 0.2) is 54.6 Å². The zero-order chi connectivity index (χ0) is 19.4. The molecule has 0 bridgehead atoms. The molecule has 0 saturated carbocycles. The molecule has 0 unspecified atom stereocenters. The molecule has 1 aromatic heterocycles. The minimum atomic E-state index is -0.908. The Bertz CT molecular complexity index is 1010. The van der Waals surface area contributed by atoms with Crippen molar-refractivity contribution < 1.29 is 14.3 Å². The van der Waals surface area contributed by atoms with Crippen LogP contribution in [-0.2, 0) is 16.0 Å². The third kappa shape index (κ3) is 4.56. The van der Waals surface area contributed by atoms with E-state index in [4.69, 9.17) is 27.9 Å². The number of nitrogens with zero attached hydrogens (tertiary/aromatic N) is 1. The average molecular weight is 403 g/mol. The van der Waals surface area contributed by atoms with Crippen molar-refractivity contribution in [2.75, 3.05) is 7.11 Å². The molecule has 0 spiro atoms. The zero-order valence-electron chi connectivity index (χ0n) is 14.4. The highest BCUT2D eigenvalue weighted by molar-refractivity contribution is 6.35. The summed E-state index contributed by atoms with van der Waals surface area (Å²) in [5.41, 5.74) is 1.58. The highest BCUT2D eigenvalue weighted by atomic mass is 35.5. The Hall–Kier alpha value is -2.63. The van der Waals surface area contributed by atoms with E-state index in [0.717, 1.165) is 5.39 Å². The van der Waals surface area contributed by atoms with Gasteiger partial charge in [0, 0.05) is 21.9 Å². The number of aromatic nitrogens is 1. The van der Waals surface area contributed by atoms with Crippen molar-refractivity contribution in [1.29, 1.82) is 0 Å². The molecule has 7 heteroatoms. The van der Waals surface area contributed by atoms with E-state index in [1.165, 1.54) is 7.11 Å². The van der Waals surface area contributed by atoms with Gasteiger partial charge in [-0.3, -0.25) is 4.79 Å². The van der Waals surface area contributed by atoms with Gasteiger partial charge in [0.1, 0.15) is 11.7 Å². The summed E-state index contributed by atoms with van der Waals surface area (Å²) in [7, 11) is 1.26. The van der Waals surface area contributed by atoms with Crippen LogP contribution in [0.3, 0.4) is 0 Å². The Morgan fingerprint density at radius 1 is 1.11 bits per heavy atom. The Kier molecular flexibility index (Phi) is 5.94. The van der Waals surface area contributed by atoms with E-state index in [2.05, 4.69) is 10.3 Å². The van der Waals surface area contributed by atoms with Gasteiger partial charge in [0.05, 0.1) is 12.6 Å². The lowest BCUT2D eigenvalue weighted by Gasteiger charge is -2.17. The van der Waals surface area contributed by atoms with Crippen LogP contribution in [0.25, 0.3) is 10.9 Å². The third-order valence-corrected chi connectivity index (χ3v) is 4.65. The Morgan fingerprint density at radius 3 is 2.63 bits per heavy atom. The Balaban J connectivity index is 1.82. The van der Waals surface area contributed by atoms with Crippen molar-refractivity contribution in [3.8, 4) is 0 Å². The first-order valence-corrected chi connectivity index (χ1v) is 8.92. The number of fused-ring (bicyclic) bond motifs is 1. The molecule has 3 rings (SSSR count). The van der Waals surface area contributed by atoms with Gasteiger partial charge in [-0.2, -0.15) is 0 Å². The third-order valence-electron chi connectivity index (χ3n) is 4.06. The topological polar surface area (TPSA) is 68.3 Å². The summed E-state index contributed by atoms with van der Waals surface area (Å²) in [6, 6.07) is 14.9. The number of carbonyl (C=O) groups excluding carboxylic acids is 2. The molecule has 0 saturated heterocycles. The van der Waals surface area contributed by atoms with E-state index in [1.807, 2.05) is 24.3 Å². The maximum absolute atomic E-state index is 12.6. The average Bonchev–Trinajstić information content (AvgIpc) is 2.68. The fraction of sp³-hybridized carbons (Fsp3) is 0.150. The van der Waals surface area contributed by atoms with Gasteiger partial charge in [0.2, 0.25) is 0 Å². The number of amides is 1. The monoisotopic (exact) mass is 402 g/mol. The van der Waals surface area contributed by atoms with E-state index < -0.39 is 17.9 Å². The van der Waals surface area contributed by atoms with Gasteiger partial charge in [-0.15, -0.1) is 0 Å². The van der Waals surface area contributed by atoms with Crippen molar-refractivity contribution in [2.24, 2.45) is 0 Å². The van der Waals surface area contributed by atoms with Gasteiger partial charge in [0.25, 0.3) is 5.91 Å². The summed E-state index contributed by atoms with van der Waals surface area (Å²) < 4.78 is 4.81. The second-order valence-electron chi connectivity index (χ2n) is 5.88. The number of hydrogen-bond acceptors (Lipinski definition) is 4. The molecule has 1 amide bonds. The van der Waals surface area contributed by atoms with Gasteiger partial charge < -0.3 is 10.1 Å². The van der Waals surface area contributed by atoms with Gasteiger partial charge in [-0.1, -0.05) is 53.5 Å². The van der Waals surface area contributed by atoms with Crippen LogP contribution >= 0.6 is 23.2 Å². The van der Waals surface area contributed by atoms with Crippen LogP contribution in [-0.4, -0.2) is 30.0 Å². The van der Waals surface area contributed by atoms with Gasteiger partial charge in [-0.25, -0.2) is 9.78 Å². The summed E-state index contributed by atoms with van der Waals surface area (Å²) in [6.07, 6.45) is 0.169. The zero-order valence-corrected chi connectivity index (χ0v) is 15.9. The highest BCUT2D eigenvalue weighted by Crippen LogP contribution is 2.22. The Morgan fingerprint density at radius 2 is 1.89 bits per heavy atom. The molecule has 1 atom stereocenters. The molecule has 2 aromatic carbocycles. The lowest BCUT2D eigenvalue weighted by molar-refractivity contribution is -0.142. The molecular weight excluding hydrogens is 387 g/mol. The lowest BCUT2D eigenvalue weighted by atomic mass is 10.1. The predicted octanol–water partition coefficient (Wildman–Crippen LogP) is 4.06. The molecule has 0 aliphatic rings. The van der Waals surface area contributed by atoms with Gasteiger partial charge in [-0.05, 0) is 29.8 Å². The number of hydrogen-bond donors (Lipinski definition) is 1. The van der Waals surface area contributed by atoms with E-state index in [-0.39, 0.29) is 12.1 Å². The molecule has 1 heterocycles. The number of methoxy groups -OCH3 is 1. The predicted molar refractivity (Wildman–Crippen MR) is 105 cm³/mol. The smallest absolute Gasteiger partial charge is 0.328 e. The van der Waals surface area contributed by atoms with Crippen molar-refractivity contribution >= 4 is 46.0 Å². The number of rotatable bonds is 5. The second kappa shape index (κ2) is 8.37. The fourth-order valence-corrected chi connectivity index (χ4v) is 3.15. The largest absolute Gasteiger partial charge is 0.467 e. The number of ether oxygens (including phenoxy) is 1. The first kappa shape index (κ1) is 19.1. The molecule has 3 aromatic rings. The van der Waals surface area contributed by atoms with E-state index in [9.17, 15) is 9.59 Å². The molecule has 27 heavy (non-hydrogen) atoms. The lowest BCUT2D eigenvalue weighted by Crippen LogP contribution is -2.43. The first-order valence-electron chi connectivity index (χ1n) is 8.16. The quantitative estimate of drug-likeness (QED) is 0.653. The van der Waals surface area contributed by atoms with E-state index in [1.54, 1.807) is 30.3 Å². The fourth-order valence-electron chi connectivity index (χ4n) is 2.67. The van der Waals surface area contributed by atoms with Crippen LogP contribution in [0, 0.1) is 0 Å². The molecule has 0 fully saturated rings. The minimum absolute atomic E-state index is 0.169. The molecule has 138 valence electrons. The number of carbonyl (C=O) groups is 2. The van der Waals surface area contributed by atoms with Crippen molar-refractivity contribution in [2.45, 2.75) is 12.5 Å². The minimum Gasteiger partial charge on any atom is -0.467 e. The van der Waals surface area contributed by atoms with Crippen LogP contribution in [0.4, 0.5) is 0 Å². The van der Waals surface area contributed by atoms with Crippen LogP contribution < -0.4 is 5.32 Å². The van der Waals surface area contributed by atoms with Crippen molar-refractivity contribution in [3.63, 3.8) is 0 Å². The highest BCUT2D eigenvalue weighted by Gasteiger charge is 2.24. The molecule has 0 aliphatic carbocycles. The SMILES string of the molecule is COC(=O)[C@H](Cc1ccc(Cl)cc1Cl)NC(=O)c1ccc2ccccc2n1. The number of nitrogens with one attached hydrogen (secondary N) is 1. The van der Waals surface area contributed by atoms with Gasteiger partial charge in [0.15, 0.2) is 0 Å². The molecule has 5 nitrogen and oxygen atoms in total. The summed E-state index contributed by atoms with van der Waals surface area (Å²) >= 11 is 12.1. The summed E-state index contributed by atoms with van der Waals surface area (Å²) in [5.74, 6) is -1.05. The van der Waals surface area contributed by atoms with E-state index >= 15 is 0 Å².